The maximum absolute atomic E-state index is 12.7. The first-order chi connectivity index (χ1) is 9.65. The Labute approximate surface area is 128 Å². The molecule has 1 aromatic rings. The van der Waals surface area contributed by atoms with Crippen LogP contribution in [0.5, 0.6) is 0 Å². The number of rotatable bonds is 1. The maximum Gasteiger partial charge on any atom is 0.226 e. The summed E-state index contributed by atoms with van der Waals surface area (Å²) >= 11 is 3.62. The summed E-state index contributed by atoms with van der Waals surface area (Å²) in [7, 11) is 0. The first-order valence-electron chi connectivity index (χ1n) is 7.43. The van der Waals surface area contributed by atoms with E-state index in [-0.39, 0.29) is 5.92 Å². The van der Waals surface area contributed by atoms with Crippen LogP contribution in [0.4, 0.5) is 0 Å². The van der Waals surface area contributed by atoms with Gasteiger partial charge in [0.05, 0.1) is 0 Å². The van der Waals surface area contributed by atoms with Crippen molar-refractivity contribution in [1.82, 2.24) is 10.2 Å². The Balaban J connectivity index is 1.73. The SMILES string of the molecule is C[C@H]1C[C@@H](C(=O)N2CCc3cccc(Br)c3C2)CCN1. The molecule has 1 amide bonds. The quantitative estimate of drug-likeness (QED) is 0.855. The van der Waals surface area contributed by atoms with Crippen LogP contribution in [0.1, 0.15) is 30.9 Å². The zero-order chi connectivity index (χ0) is 14.1. The Morgan fingerprint density at radius 1 is 1.45 bits per heavy atom. The van der Waals surface area contributed by atoms with Gasteiger partial charge in [0.1, 0.15) is 0 Å². The van der Waals surface area contributed by atoms with E-state index in [0.717, 1.165) is 43.4 Å². The van der Waals surface area contributed by atoms with Crippen LogP contribution in [-0.2, 0) is 17.8 Å². The Morgan fingerprint density at radius 2 is 2.30 bits per heavy atom. The van der Waals surface area contributed by atoms with Crippen molar-refractivity contribution in [3.63, 3.8) is 0 Å². The molecule has 108 valence electrons. The number of piperidine rings is 1. The van der Waals surface area contributed by atoms with Gasteiger partial charge in [0.25, 0.3) is 0 Å². The van der Waals surface area contributed by atoms with Crippen LogP contribution in [0.15, 0.2) is 22.7 Å². The number of carbonyl (C=O) groups is 1. The van der Waals surface area contributed by atoms with Crippen molar-refractivity contribution < 1.29 is 4.79 Å². The molecule has 1 saturated heterocycles. The van der Waals surface area contributed by atoms with E-state index in [1.165, 1.54) is 11.1 Å². The van der Waals surface area contributed by atoms with Crippen LogP contribution >= 0.6 is 15.9 Å². The van der Waals surface area contributed by atoms with Gasteiger partial charge >= 0.3 is 0 Å². The van der Waals surface area contributed by atoms with Gasteiger partial charge in [-0.3, -0.25) is 4.79 Å². The summed E-state index contributed by atoms with van der Waals surface area (Å²) in [6, 6.07) is 6.78. The standard InChI is InChI=1S/C16H21BrN2O/c1-11-9-13(5-7-18-11)16(20)19-8-6-12-3-2-4-15(17)14(12)10-19/h2-4,11,13,18H,5-10H2,1H3/t11-,13-/m0/s1. The number of fused-ring (bicyclic) bond motifs is 1. The molecule has 1 fully saturated rings. The minimum Gasteiger partial charge on any atom is -0.338 e. The van der Waals surface area contributed by atoms with E-state index >= 15 is 0 Å². The topological polar surface area (TPSA) is 32.3 Å². The van der Waals surface area contributed by atoms with Crippen LogP contribution in [0, 0.1) is 5.92 Å². The second-order valence-electron chi connectivity index (χ2n) is 5.96. The lowest BCUT2D eigenvalue weighted by atomic mass is 9.90. The number of halogens is 1. The summed E-state index contributed by atoms with van der Waals surface area (Å²) < 4.78 is 1.13. The fraction of sp³-hybridized carbons (Fsp3) is 0.562. The average Bonchev–Trinajstić information content (AvgIpc) is 2.47. The molecule has 1 N–H and O–H groups in total. The number of nitrogens with one attached hydrogen (secondary N) is 1. The second kappa shape index (κ2) is 5.86. The van der Waals surface area contributed by atoms with Crippen LogP contribution in [-0.4, -0.2) is 29.9 Å². The zero-order valence-electron chi connectivity index (χ0n) is 11.9. The van der Waals surface area contributed by atoms with Gasteiger partial charge in [-0.15, -0.1) is 0 Å². The number of carbonyl (C=O) groups excluding carboxylic acids is 1. The van der Waals surface area contributed by atoms with Crippen molar-refractivity contribution in [1.29, 1.82) is 0 Å². The summed E-state index contributed by atoms with van der Waals surface area (Å²) in [5, 5.41) is 3.42. The number of hydrogen-bond donors (Lipinski definition) is 1. The van der Waals surface area contributed by atoms with Gasteiger partial charge in [0, 0.05) is 29.5 Å². The van der Waals surface area contributed by atoms with E-state index < -0.39 is 0 Å². The third-order valence-corrected chi connectivity index (χ3v) is 5.24. The number of amides is 1. The molecular formula is C16H21BrN2O. The van der Waals surface area contributed by atoms with E-state index in [9.17, 15) is 4.79 Å². The van der Waals surface area contributed by atoms with Crippen molar-refractivity contribution in [3.8, 4) is 0 Å². The van der Waals surface area contributed by atoms with Gasteiger partial charge in [0.15, 0.2) is 0 Å². The lowest BCUT2D eigenvalue weighted by molar-refractivity contribution is -0.137. The van der Waals surface area contributed by atoms with Crippen LogP contribution in [0.3, 0.4) is 0 Å². The highest BCUT2D eigenvalue weighted by molar-refractivity contribution is 9.10. The second-order valence-corrected chi connectivity index (χ2v) is 6.82. The molecule has 2 heterocycles. The predicted octanol–water partition coefficient (Wildman–Crippen LogP) is 2.72. The molecule has 0 aliphatic carbocycles. The van der Waals surface area contributed by atoms with Gasteiger partial charge in [0.2, 0.25) is 5.91 Å². The molecule has 0 spiro atoms. The molecule has 0 aromatic heterocycles. The van der Waals surface area contributed by atoms with E-state index in [1.807, 2.05) is 0 Å². The molecule has 2 aliphatic rings. The molecule has 1 aromatic carbocycles. The lowest BCUT2D eigenvalue weighted by Crippen LogP contribution is -2.45. The van der Waals surface area contributed by atoms with Crippen LogP contribution in [0.25, 0.3) is 0 Å². The van der Waals surface area contributed by atoms with E-state index in [0.29, 0.717) is 11.9 Å². The average molecular weight is 337 g/mol. The van der Waals surface area contributed by atoms with Crippen LogP contribution < -0.4 is 5.32 Å². The molecule has 2 aliphatic heterocycles. The molecule has 0 saturated carbocycles. The van der Waals surface area contributed by atoms with E-state index in [2.05, 4.69) is 51.3 Å². The Morgan fingerprint density at radius 3 is 3.10 bits per heavy atom. The van der Waals surface area contributed by atoms with Gasteiger partial charge in [-0.2, -0.15) is 0 Å². The largest absolute Gasteiger partial charge is 0.338 e. The van der Waals surface area contributed by atoms with Crippen molar-refractivity contribution in [2.24, 2.45) is 5.92 Å². The van der Waals surface area contributed by atoms with Gasteiger partial charge < -0.3 is 10.2 Å². The molecule has 0 radical (unpaired) electrons. The van der Waals surface area contributed by atoms with Gasteiger partial charge in [-0.25, -0.2) is 0 Å². The molecule has 0 unspecified atom stereocenters. The molecule has 20 heavy (non-hydrogen) atoms. The summed E-state index contributed by atoms with van der Waals surface area (Å²) in [5.74, 6) is 0.551. The van der Waals surface area contributed by atoms with Crippen molar-refractivity contribution in [3.05, 3.63) is 33.8 Å². The highest BCUT2D eigenvalue weighted by Gasteiger charge is 2.30. The number of nitrogens with zero attached hydrogens (tertiary/aromatic N) is 1. The summed E-state index contributed by atoms with van der Waals surface area (Å²) in [6.07, 6.45) is 2.92. The molecule has 3 rings (SSSR count). The molecule has 2 atom stereocenters. The lowest BCUT2D eigenvalue weighted by Gasteiger charge is -2.35. The van der Waals surface area contributed by atoms with Crippen LogP contribution in [0.2, 0.25) is 0 Å². The molecule has 3 nitrogen and oxygen atoms in total. The van der Waals surface area contributed by atoms with Crippen molar-refractivity contribution >= 4 is 21.8 Å². The van der Waals surface area contributed by atoms with E-state index in [1.54, 1.807) is 0 Å². The zero-order valence-corrected chi connectivity index (χ0v) is 13.4. The smallest absolute Gasteiger partial charge is 0.226 e. The number of benzene rings is 1. The first kappa shape index (κ1) is 14.1. The molecule has 4 heteroatoms. The monoisotopic (exact) mass is 336 g/mol. The number of hydrogen-bond acceptors (Lipinski definition) is 2. The van der Waals surface area contributed by atoms with Crippen molar-refractivity contribution in [2.75, 3.05) is 13.1 Å². The third kappa shape index (κ3) is 2.77. The Kier molecular flexibility index (Phi) is 4.13. The first-order valence-corrected chi connectivity index (χ1v) is 8.23. The third-order valence-electron chi connectivity index (χ3n) is 4.50. The maximum atomic E-state index is 12.7. The van der Waals surface area contributed by atoms with E-state index in [4.69, 9.17) is 0 Å². The highest BCUT2D eigenvalue weighted by atomic mass is 79.9. The van der Waals surface area contributed by atoms with Gasteiger partial charge in [-0.1, -0.05) is 28.1 Å². The van der Waals surface area contributed by atoms with Crippen molar-refractivity contribution in [2.45, 2.75) is 38.8 Å². The van der Waals surface area contributed by atoms with Gasteiger partial charge in [-0.05, 0) is 49.9 Å². The predicted molar refractivity (Wildman–Crippen MR) is 83.5 cm³/mol. The minimum atomic E-state index is 0.204. The Bertz CT molecular complexity index is 517. The summed E-state index contributed by atoms with van der Waals surface area (Å²) in [5.41, 5.74) is 2.66. The Hall–Kier alpha value is -0.870. The summed E-state index contributed by atoms with van der Waals surface area (Å²) in [4.78, 5) is 14.8. The highest BCUT2D eigenvalue weighted by Crippen LogP contribution is 2.28. The molecule has 0 bridgehead atoms. The molecular weight excluding hydrogens is 316 g/mol. The fourth-order valence-electron chi connectivity index (χ4n) is 3.34. The summed E-state index contributed by atoms with van der Waals surface area (Å²) in [6.45, 7) is 4.75. The minimum absolute atomic E-state index is 0.204. The fourth-order valence-corrected chi connectivity index (χ4v) is 3.88. The normalized spacial score (nSPS) is 26.2.